The van der Waals surface area contributed by atoms with Crippen molar-refractivity contribution in [3.05, 3.63) is 0 Å². The van der Waals surface area contributed by atoms with Crippen molar-refractivity contribution in [2.75, 3.05) is 6.61 Å². The van der Waals surface area contributed by atoms with Crippen molar-refractivity contribution in [1.29, 1.82) is 0 Å². The van der Waals surface area contributed by atoms with Gasteiger partial charge in [-0.3, -0.25) is 9.53 Å². The SMILES string of the molecule is CC1(C)N[C@@H](C(C)(C)S(=O)[O-])CO1. The Balaban J connectivity index is 2.71. The molecule has 0 aliphatic carbocycles. The van der Waals surface area contributed by atoms with E-state index in [4.69, 9.17) is 4.74 Å². The summed E-state index contributed by atoms with van der Waals surface area (Å²) < 4.78 is 26.5. The Morgan fingerprint density at radius 2 is 2.15 bits per heavy atom. The average molecular weight is 206 g/mol. The van der Waals surface area contributed by atoms with Crippen molar-refractivity contribution >= 4 is 11.1 Å². The molecule has 13 heavy (non-hydrogen) atoms. The molecule has 5 heteroatoms. The summed E-state index contributed by atoms with van der Waals surface area (Å²) in [6.45, 7) is 7.60. The maximum Gasteiger partial charge on any atom is 0.113 e. The highest BCUT2D eigenvalue weighted by Crippen LogP contribution is 2.25. The normalized spacial score (nSPS) is 30.4. The van der Waals surface area contributed by atoms with Gasteiger partial charge in [-0.1, -0.05) is 0 Å². The van der Waals surface area contributed by atoms with E-state index < -0.39 is 21.6 Å². The standard InChI is InChI=1S/C8H17NO3S/c1-7(2,13(10)11)6-5-12-8(3,4)9-6/h6,9H,5H2,1-4H3,(H,10,11)/p-1/t6-/m1/s1. The van der Waals surface area contributed by atoms with Gasteiger partial charge in [-0.2, -0.15) is 0 Å². The summed E-state index contributed by atoms with van der Waals surface area (Å²) in [5, 5.41) is 3.14. The highest BCUT2D eigenvalue weighted by molar-refractivity contribution is 7.80. The molecule has 0 bridgehead atoms. The van der Waals surface area contributed by atoms with Crippen LogP contribution in [0.4, 0.5) is 0 Å². The first kappa shape index (κ1) is 11.1. The molecule has 1 aliphatic rings. The molecular weight excluding hydrogens is 190 g/mol. The Morgan fingerprint density at radius 1 is 1.62 bits per heavy atom. The number of rotatable bonds is 2. The first-order chi connectivity index (χ1) is 5.76. The zero-order valence-electron chi connectivity index (χ0n) is 8.42. The molecule has 1 N–H and O–H groups in total. The van der Waals surface area contributed by atoms with E-state index in [9.17, 15) is 8.76 Å². The highest BCUT2D eigenvalue weighted by Gasteiger charge is 2.40. The monoisotopic (exact) mass is 206 g/mol. The van der Waals surface area contributed by atoms with E-state index in [1.165, 1.54) is 0 Å². The summed E-state index contributed by atoms with van der Waals surface area (Å²) in [7, 11) is 0. The maximum absolute atomic E-state index is 10.9. The Bertz CT molecular complexity index is 227. The van der Waals surface area contributed by atoms with Crippen LogP contribution in [0.5, 0.6) is 0 Å². The Kier molecular flexibility index (Phi) is 2.83. The molecule has 0 aromatic rings. The number of hydrogen-bond acceptors (Lipinski definition) is 4. The van der Waals surface area contributed by atoms with Crippen molar-refractivity contribution in [3.63, 3.8) is 0 Å². The molecule has 2 atom stereocenters. The molecule has 0 radical (unpaired) electrons. The van der Waals surface area contributed by atoms with Gasteiger partial charge >= 0.3 is 0 Å². The molecule has 0 aromatic carbocycles. The zero-order valence-corrected chi connectivity index (χ0v) is 9.23. The van der Waals surface area contributed by atoms with E-state index in [0.29, 0.717) is 6.61 Å². The van der Waals surface area contributed by atoms with E-state index in [-0.39, 0.29) is 6.04 Å². The van der Waals surface area contributed by atoms with Crippen LogP contribution >= 0.6 is 0 Å². The van der Waals surface area contributed by atoms with E-state index >= 15 is 0 Å². The molecule has 0 aromatic heterocycles. The quantitative estimate of drug-likeness (QED) is 0.663. The predicted octanol–water partition coefficient (Wildman–Crippen LogP) is 0.369. The number of nitrogens with one attached hydrogen (secondary N) is 1. The summed E-state index contributed by atoms with van der Waals surface area (Å²) >= 11 is -2.09. The van der Waals surface area contributed by atoms with E-state index in [1.54, 1.807) is 13.8 Å². The lowest BCUT2D eigenvalue weighted by atomic mass is 10.0. The Labute approximate surface area is 81.3 Å². The summed E-state index contributed by atoms with van der Waals surface area (Å²) in [4.78, 5) is 0. The van der Waals surface area contributed by atoms with Crippen molar-refractivity contribution < 1.29 is 13.5 Å². The van der Waals surface area contributed by atoms with Crippen LogP contribution in [-0.4, -0.2) is 31.9 Å². The molecule has 1 aliphatic heterocycles. The van der Waals surface area contributed by atoms with Gasteiger partial charge in [0, 0.05) is 10.8 Å². The van der Waals surface area contributed by atoms with Crippen molar-refractivity contribution in [2.24, 2.45) is 0 Å². The lowest BCUT2D eigenvalue weighted by molar-refractivity contribution is 0.0230. The zero-order chi connectivity index (χ0) is 10.3. The summed E-state index contributed by atoms with van der Waals surface area (Å²) in [5.41, 5.74) is -0.415. The van der Waals surface area contributed by atoms with Gasteiger partial charge in [-0.05, 0) is 38.8 Å². The lowest BCUT2D eigenvalue weighted by Crippen LogP contribution is -2.51. The van der Waals surface area contributed by atoms with E-state index in [0.717, 1.165) is 0 Å². The molecule has 4 nitrogen and oxygen atoms in total. The summed E-state index contributed by atoms with van der Waals surface area (Å²) in [5.74, 6) is 0. The second-order valence-electron chi connectivity index (χ2n) is 4.36. The van der Waals surface area contributed by atoms with Crippen LogP contribution in [-0.2, 0) is 15.8 Å². The predicted molar refractivity (Wildman–Crippen MR) is 50.0 cm³/mol. The molecular formula is C8H16NO3S-. The molecule has 1 saturated heterocycles. The molecule has 78 valence electrons. The number of hydrogen-bond donors (Lipinski definition) is 1. The van der Waals surface area contributed by atoms with Crippen molar-refractivity contribution in [1.82, 2.24) is 5.32 Å². The molecule has 0 amide bonds. The fraction of sp³-hybridized carbons (Fsp3) is 1.00. The second kappa shape index (κ2) is 3.31. The number of ether oxygens (including phenoxy) is 1. The van der Waals surface area contributed by atoms with Crippen LogP contribution in [0.15, 0.2) is 0 Å². The van der Waals surface area contributed by atoms with Gasteiger partial charge in [0.05, 0.1) is 6.61 Å². The van der Waals surface area contributed by atoms with Crippen molar-refractivity contribution in [3.8, 4) is 0 Å². The third kappa shape index (κ3) is 2.28. The van der Waals surface area contributed by atoms with Crippen LogP contribution in [0.25, 0.3) is 0 Å². The first-order valence-corrected chi connectivity index (χ1v) is 5.34. The minimum atomic E-state index is -2.09. The highest BCUT2D eigenvalue weighted by atomic mass is 32.2. The molecule has 1 fully saturated rings. The maximum atomic E-state index is 10.9. The molecule has 0 saturated carbocycles. The molecule has 1 unspecified atom stereocenters. The van der Waals surface area contributed by atoms with Gasteiger partial charge in [-0.15, -0.1) is 0 Å². The minimum Gasteiger partial charge on any atom is -0.772 e. The molecule has 1 rings (SSSR count). The van der Waals surface area contributed by atoms with Crippen LogP contribution < -0.4 is 5.32 Å². The van der Waals surface area contributed by atoms with Crippen LogP contribution in [0, 0.1) is 0 Å². The third-order valence-electron chi connectivity index (χ3n) is 2.40. The fourth-order valence-corrected chi connectivity index (χ4v) is 1.64. The first-order valence-electron chi connectivity index (χ1n) is 4.27. The van der Waals surface area contributed by atoms with Gasteiger partial charge in [0.15, 0.2) is 0 Å². The largest absolute Gasteiger partial charge is 0.772 e. The topological polar surface area (TPSA) is 61.4 Å². The molecule has 0 spiro atoms. The van der Waals surface area contributed by atoms with Crippen LogP contribution in [0.1, 0.15) is 27.7 Å². The lowest BCUT2D eigenvalue weighted by Gasteiger charge is -2.33. The van der Waals surface area contributed by atoms with Crippen LogP contribution in [0.3, 0.4) is 0 Å². The second-order valence-corrected chi connectivity index (χ2v) is 5.88. The van der Waals surface area contributed by atoms with Gasteiger partial charge < -0.3 is 9.29 Å². The third-order valence-corrected chi connectivity index (χ3v) is 3.55. The molecule has 1 heterocycles. The van der Waals surface area contributed by atoms with Crippen LogP contribution in [0.2, 0.25) is 0 Å². The van der Waals surface area contributed by atoms with Crippen molar-refractivity contribution in [2.45, 2.75) is 44.2 Å². The Hall–Kier alpha value is 0.0300. The smallest absolute Gasteiger partial charge is 0.113 e. The summed E-state index contributed by atoms with van der Waals surface area (Å²) in [6, 6.07) is -0.138. The minimum absolute atomic E-state index is 0.138. The van der Waals surface area contributed by atoms with Gasteiger partial charge in [-0.25, -0.2) is 0 Å². The van der Waals surface area contributed by atoms with Gasteiger partial charge in [0.25, 0.3) is 0 Å². The Morgan fingerprint density at radius 3 is 2.46 bits per heavy atom. The van der Waals surface area contributed by atoms with E-state index in [2.05, 4.69) is 5.32 Å². The van der Waals surface area contributed by atoms with E-state index in [1.807, 2.05) is 13.8 Å². The average Bonchev–Trinajstić information content (AvgIpc) is 2.30. The van der Waals surface area contributed by atoms with Gasteiger partial charge in [0.2, 0.25) is 0 Å². The van der Waals surface area contributed by atoms with Gasteiger partial charge in [0.1, 0.15) is 5.72 Å². The summed E-state index contributed by atoms with van der Waals surface area (Å²) in [6.07, 6.45) is 0. The fourth-order valence-electron chi connectivity index (χ4n) is 1.29.